The van der Waals surface area contributed by atoms with Crippen LogP contribution in [0.15, 0.2) is 0 Å². The van der Waals surface area contributed by atoms with Crippen molar-refractivity contribution < 1.29 is 0 Å². The quantitative estimate of drug-likeness (QED) is 0.658. The molecule has 1 aliphatic rings. The summed E-state index contributed by atoms with van der Waals surface area (Å²) in [4.78, 5) is 8.65. The maximum Gasteiger partial charge on any atom is 0.224 e. The van der Waals surface area contributed by atoms with Crippen LogP contribution in [-0.2, 0) is 12.8 Å². The zero-order valence-corrected chi connectivity index (χ0v) is 9.90. The molecule has 0 atom stereocenters. The van der Waals surface area contributed by atoms with Gasteiger partial charge in [-0.15, -0.1) is 11.6 Å². The Labute approximate surface area is 99.2 Å². The molecule has 82 valence electrons. The zero-order valence-electron chi connectivity index (χ0n) is 8.39. The van der Waals surface area contributed by atoms with E-state index >= 15 is 0 Å². The summed E-state index contributed by atoms with van der Waals surface area (Å²) in [5.41, 5.74) is 2.22. The highest BCUT2D eigenvalue weighted by Gasteiger charge is 2.16. The fourth-order valence-electron chi connectivity index (χ4n) is 1.79. The van der Waals surface area contributed by atoms with Gasteiger partial charge < -0.3 is 5.32 Å². The van der Waals surface area contributed by atoms with Crippen LogP contribution in [0.5, 0.6) is 0 Å². The fraction of sp³-hybridized carbons (Fsp3) is 0.600. The van der Waals surface area contributed by atoms with Gasteiger partial charge in [0.05, 0.1) is 5.69 Å². The Morgan fingerprint density at radius 2 is 2.00 bits per heavy atom. The molecule has 1 aromatic rings. The summed E-state index contributed by atoms with van der Waals surface area (Å²) < 4.78 is 0. The summed E-state index contributed by atoms with van der Waals surface area (Å²) >= 11 is 11.7. The molecule has 0 aliphatic heterocycles. The lowest BCUT2D eigenvalue weighted by Gasteiger charge is -2.16. The lowest BCUT2D eigenvalue weighted by atomic mass is 9.97. The van der Waals surface area contributed by atoms with E-state index < -0.39 is 0 Å². The van der Waals surface area contributed by atoms with Gasteiger partial charge in [0.25, 0.3) is 0 Å². The monoisotopic (exact) mass is 245 g/mol. The third-order valence-corrected chi connectivity index (χ3v) is 3.01. The lowest BCUT2D eigenvalue weighted by molar-refractivity contribution is 0.663. The largest absolute Gasteiger partial charge is 0.353 e. The van der Waals surface area contributed by atoms with Crippen molar-refractivity contribution in [3.05, 3.63) is 16.4 Å². The number of nitrogens with one attached hydrogen (secondary N) is 1. The van der Waals surface area contributed by atoms with Gasteiger partial charge in [0.2, 0.25) is 5.95 Å². The maximum atomic E-state index is 6.10. The topological polar surface area (TPSA) is 37.8 Å². The van der Waals surface area contributed by atoms with Gasteiger partial charge in [0, 0.05) is 18.0 Å². The third kappa shape index (κ3) is 2.52. The first-order valence-corrected chi connectivity index (χ1v) is 6.07. The van der Waals surface area contributed by atoms with E-state index in [1.807, 2.05) is 0 Å². The molecule has 1 aromatic heterocycles. The van der Waals surface area contributed by atoms with Crippen LogP contribution in [0.3, 0.4) is 0 Å². The molecule has 2 rings (SSSR count). The molecule has 0 bridgehead atoms. The Bertz CT molecular complexity index is 355. The molecule has 0 fully saturated rings. The summed E-state index contributed by atoms with van der Waals surface area (Å²) in [7, 11) is 0. The predicted octanol–water partition coefficient (Wildman–Crippen LogP) is 2.66. The Morgan fingerprint density at radius 3 is 2.80 bits per heavy atom. The molecule has 0 saturated carbocycles. The molecule has 3 nitrogen and oxygen atoms in total. The van der Waals surface area contributed by atoms with Crippen molar-refractivity contribution in [1.29, 1.82) is 0 Å². The fourth-order valence-corrected chi connectivity index (χ4v) is 2.16. The van der Waals surface area contributed by atoms with Gasteiger partial charge in [0.15, 0.2) is 0 Å². The minimum Gasteiger partial charge on any atom is -0.353 e. The van der Waals surface area contributed by atoms with Crippen LogP contribution in [0.4, 0.5) is 5.95 Å². The molecular weight excluding hydrogens is 233 g/mol. The van der Waals surface area contributed by atoms with Gasteiger partial charge >= 0.3 is 0 Å². The Morgan fingerprint density at radius 1 is 1.20 bits per heavy atom. The van der Waals surface area contributed by atoms with Crippen molar-refractivity contribution in [2.45, 2.75) is 25.7 Å². The van der Waals surface area contributed by atoms with E-state index in [4.69, 9.17) is 23.2 Å². The van der Waals surface area contributed by atoms with Crippen LogP contribution in [-0.4, -0.2) is 22.4 Å². The highest BCUT2D eigenvalue weighted by Crippen LogP contribution is 2.26. The second kappa shape index (κ2) is 4.99. The summed E-state index contributed by atoms with van der Waals surface area (Å²) in [6.45, 7) is 0.663. The summed E-state index contributed by atoms with van der Waals surface area (Å²) in [6, 6.07) is 0. The number of alkyl halides is 1. The van der Waals surface area contributed by atoms with E-state index in [2.05, 4.69) is 15.3 Å². The Balaban J connectivity index is 2.24. The summed E-state index contributed by atoms with van der Waals surface area (Å²) in [6.07, 6.45) is 4.39. The van der Waals surface area contributed by atoms with E-state index in [-0.39, 0.29) is 0 Å². The smallest absolute Gasteiger partial charge is 0.224 e. The summed E-state index contributed by atoms with van der Waals surface area (Å²) in [5, 5.41) is 3.64. The Hall–Kier alpha value is -0.540. The number of aryl methyl sites for hydroxylation is 1. The number of fused-ring (bicyclic) bond motifs is 1. The first kappa shape index (κ1) is 11.0. The van der Waals surface area contributed by atoms with Gasteiger partial charge in [-0.2, -0.15) is 0 Å². The molecule has 0 aromatic carbocycles. The molecule has 1 aliphatic carbocycles. The van der Waals surface area contributed by atoms with Gasteiger partial charge in [-0.05, 0) is 25.7 Å². The number of hydrogen-bond donors (Lipinski definition) is 1. The molecule has 5 heteroatoms. The molecule has 0 spiro atoms. The Kier molecular flexibility index (Phi) is 3.65. The van der Waals surface area contributed by atoms with Crippen molar-refractivity contribution in [2.75, 3.05) is 17.7 Å². The highest BCUT2D eigenvalue weighted by molar-refractivity contribution is 6.30. The predicted molar refractivity (Wildman–Crippen MR) is 62.9 cm³/mol. The molecule has 0 amide bonds. The number of halogens is 2. The van der Waals surface area contributed by atoms with Crippen LogP contribution in [0, 0.1) is 0 Å². The SMILES string of the molecule is ClCCNc1nc(Cl)c2c(n1)CCCC2. The number of rotatable bonds is 3. The van der Waals surface area contributed by atoms with E-state index in [1.165, 1.54) is 12.8 Å². The zero-order chi connectivity index (χ0) is 10.7. The first-order valence-electron chi connectivity index (χ1n) is 5.16. The van der Waals surface area contributed by atoms with Gasteiger partial charge in [0.1, 0.15) is 5.15 Å². The van der Waals surface area contributed by atoms with Crippen molar-refractivity contribution in [2.24, 2.45) is 0 Å². The van der Waals surface area contributed by atoms with E-state index in [0.29, 0.717) is 23.5 Å². The maximum absolute atomic E-state index is 6.10. The first-order chi connectivity index (χ1) is 7.31. The van der Waals surface area contributed by atoms with Crippen molar-refractivity contribution in [3.8, 4) is 0 Å². The van der Waals surface area contributed by atoms with Crippen LogP contribution >= 0.6 is 23.2 Å². The van der Waals surface area contributed by atoms with Gasteiger partial charge in [-0.3, -0.25) is 0 Å². The van der Waals surface area contributed by atoms with Crippen molar-refractivity contribution in [3.63, 3.8) is 0 Å². The van der Waals surface area contributed by atoms with Crippen molar-refractivity contribution in [1.82, 2.24) is 9.97 Å². The van der Waals surface area contributed by atoms with E-state index in [1.54, 1.807) is 0 Å². The normalized spacial score (nSPS) is 14.8. The molecule has 15 heavy (non-hydrogen) atoms. The standard InChI is InChI=1S/C10H13Cl2N3/c11-5-6-13-10-14-8-4-2-1-3-7(8)9(12)15-10/h1-6H2,(H,13,14,15). The van der Waals surface area contributed by atoms with Gasteiger partial charge in [-0.25, -0.2) is 9.97 Å². The van der Waals surface area contributed by atoms with Gasteiger partial charge in [-0.1, -0.05) is 11.6 Å². The average molecular weight is 246 g/mol. The number of anilines is 1. The van der Waals surface area contributed by atoms with Crippen molar-refractivity contribution >= 4 is 29.2 Å². The molecular formula is C10H13Cl2N3. The van der Waals surface area contributed by atoms with E-state index in [0.717, 1.165) is 24.1 Å². The lowest BCUT2D eigenvalue weighted by Crippen LogP contribution is -2.12. The minimum atomic E-state index is 0.540. The third-order valence-electron chi connectivity index (χ3n) is 2.51. The minimum absolute atomic E-state index is 0.540. The number of hydrogen-bond acceptors (Lipinski definition) is 3. The van der Waals surface area contributed by atoms with Crippen LogP contribution in [0.25, 0.3) is 0 Å². The molecule has 0 radical (unpaired) electrons. The van der Waals surface area contributed by atoms with Crippen LogP contribution in [0.2, 0.25) is 5.15 Å². The van der Waals surface area contributed by atoms with Crippen LogP contribution < -0.4 is 5.32 Å². The number of nitrogens with zero attached hydrogens (tertiary/aromatic N) is 2. The number of aromatic nitrogens is 2. The summed E-state index contributed by atoms with van der Waals surface area (Å²) in [5.74, 6) is 1.14. The second-order valence-corrected chi connectivity index (χ2v) is 4.32. The second-order valence-electron chi connectivity index (χ2n) is 3.59. The molecule has 1 N–H and O–H groups in total. The average Bonchev–Trinajstić information content (AvgIpc) is 2.26. The molecule has 0 saturated heterocycles. The van der Waals surface area contributed by atoms with Crippen LogP contribution in [0.1, 0.15) is 24.1 Å². The molecule has 1 heterocycles. The van der Waals surface area contributed by atoms with E-state index in [9.17, 15) is 0 Å². The highest BCUT2D eigenvalue weighted by atomic mass is 35.5. The molecule has 0 unspecified atom stereocenters.